The first-order valence-electron chi connectivity index (χ1n) is 9.48. The van der Waals surface area contributed by atoms with Crippen molar-refractivity contribution >= 4 is 50.9 Å². The van der Waals surface area contributed by atoms with Gasteiger partial charge in [-0.05, 0) is 31.4 Å². The van der Waals surface area contributed by atoms with Crippen LogP contribution in [-0.2, 0) is 16.4 Å². The summed E-state index contributed by atoms with van der Waals surface area (Å²) in [6.45, 7) is 6.99. The summed E-state index contributed by atoms with van der Waals surface area (Å²) in [5.41, 5.74) is 2.43. The highest BCUT2D eigenvalue weighted by Crippen LogP contribution is 2.17. The average Bonchev–Trinajstić information content (AvgIpc) is 3.04. The molecule has 0 saturated carbocycles. The van der Waals surface area contributed by atoms with Crippen molar-refractivity contribution in [2.24, 2.45) is 4.99 Å². The molecule has 158 valence electrons. The molecular weight excluding hydrogens is 489 g/mol. The van der Waals surface area contributed by atoms with Crippen LogP contribution in [-0.4, -0.2) is 62.6 Å². The van der Waals surface area contributed by atoms with E-state index in [1.807, 2.05) is 19.9 Å². The summed E-state index contributed by atoms with van der Waals surface area (Å²) in [6, 6.07) is 8.28. The van der Waals surface area contributed by atoms with Crippen molar-refractivity contribution in [2.75, 3.05) is 39.0 Å². The average molecular weight is 521 g/mol. The van der Waals surface area contributed by atoms with Crippen LogP contribution in [0.5, 0.6) is 0 Å². The van der Waals surface area contributed by atoms with Gasteiger partial charge in [-0.3, -0.25) is 4.99 Å². The van der Waals surface area contributed by atoms with Crippen molar-refractivity contribution in [2.45, 2.75) is 26.7 Å². The highest BCUT2D eigenvalue weighted by atomic mass is 127. The maximum absolute atomic E-state index is 11.6. The molecule has 0 saturated heterocycles. The summed E-state index contributed by atoms with van der Waals surface area (Å²) in [6.07, 6.45) is 4.89. The van der Waals surface area contributed by atoms with Gasteiger partial charge in [-0.25, -0.2) is 12.7 Å². The number of hydrogen-bond donors (Lipinski definition) is 3. The lowest BCUT2D eigenvalue weighted by Crippen LogP contribution is -2.38. The smallest absolute Gasteiger partial charge is 0.211 e. The van der Waals surface area contributed by atoms with Crippen molar-refractivity contribution in [3.8, 4) is 0 Å². The summed E-state index contributed by atoms with van der Waals surface area (Å²) < 4.78 is 24.7. The van der Waals surface area contributed by atoms with Gasteiger partial charge in [-0.2, -0.15) is 0 Å². The molecule has 7 nitrogen and oxygen atoms in total. The van der Waals surface area contributed by atoms with Gasteiger partial charge in [0.15, 0.2) is 5.96 Å². The fourth-order valence-electron chi connectivity index (χ4n) is 2.99. The first kappa shape index (κ1) is 24.7. The van der Waals surface area contributed by atoms with Crippen molar-refractivity contribution in [3.63, 3.8) is 0 Å². The molecule has 0 spiro atoms. The molecule has 28 heavy (non-hydrogen) atoms. The van der Waals surface area contributed by atoms with Gasteiger partial charge in [-0.15, -0.1) is 24.0 Å². The highest BCUT2D eigenvalue weighted by Gasteiger charge is 2.13. The lowest BCUT2D eigenvalue weighted by atomic mass is 10.1. The number of aromatic nitrogens is 1. The van der Waals surface area contributed by atoms with E-state index in [0.29, 0.717) is 26.1 Å². The van der Waals surface area contributed by atoms with Gasteiger partial charge in [0, 0.05) is 49.8 Å². The zero-order chi connectivity index (χ0) is 19.7. The Morgan fingerprint density at radius 2 is 1.96 bits per heavy atom. The third kappa shape index (κ3) is 7.59. The minimum absolute atomic E-state index is 0. The summed E-state index contributed by atoms with van der Waals surface area (Å²) in [4.78, 5) is 7.84. The van der Waals surface area contributed by atoms with E-state index in [2.05, 4.69) is 45.0 Å². The number of para-hydroxylation sites is 1. The third-order valence-corrected chi connectivity index (χ3v) is 5.74. The Morgan fingerprint density at radius 3 is 2.64 bits per heavy atom. The zero-order valence-electron chi connectivity index (χ0n) is 16.9. The van der Waals surface area contributed by atoms with Gasteiger partial charge < -0.3 is 15.6 Å². The van der Waals surface area contributed by atoms with Crippen molar-refractivity contribution in [1.29, 1.82) is 0 Å². The number of nitrogens with one attached hydrogen (secondary N) is 3. The Kier molecular flexibility index (Phi) is 10.8. The van der Waals surface area contributed by atoms with E-state index in [0.717, 1.165) is 31.0 Å². The van der Waals surface area contributed by atoms with Crippen LogP contribution >= 0.6 is 24.0 Å². The number of fused-ring (bicyclic) bond motifs is 1. The van der Waals surface area contributed by atoms with Crippen LogP contribution in [0.4, 0.5) is 0 Å². The largest absolute Gasteiger partial charge is 0.361 e. The minimum Gasteiger partial charge on any atom is -0.361 e. The molecule has 0 aliphatic rings. The van der Waals surface area contributed by atoms with Crippen LogP contribution in [0, 0.1) is 0 Å². The van der Waals surface area contributed by atoms with Crippen LogP contribution in [0.2, 0.25) is 0 Å². The van der Waals surface area contributed by atoms with Crippen molar-refractivity contribution < 1.29 is 8.42 Å². The maximum atomic E-state index is 11.6. The summed E-state index contributed by atoms with van der Waals surface area (Å²) >= 11 is 0. The monoisotopic (exact) mass is 521 g/mol. The number of aliphatic imine (C=N–C) groups is 1. The van der Waals surface area contributed by atoms with Gasteiger partial charge in [-0.1, -0.05) is 25.1 Å². The van der Waals surface area contributed by atoms with Crippen LogP contribution in [0.3, 0.4) is 0 Å². The Bertz CT molecular complexity index is 851. The molecule has 9 heteroatoms. The summed E-state index contributed by atoms with van der Waals surface area (Å²) in [7, 11) is -3.13. The molecule has 2 aromatic rings. The van der Waals surface area contributed by atoms with Crippen molar-refractivity contribution in [1.82, 2.24) is 19.9 Å². The van der Waals surface area contributed by atoms with Crippen molar-refractivity contribution in [3.05, 3.63) is 36.0 Å². The number of H-pyrrole nitrogens is 1. The summed E-state index contributed by atoms with van der Waals surface area (Å²) in [5.74, 6) is 0.764. The molecule has 2 rings (SSSR count). The topological polar surface area (TPSA) is 89.6 Å². The number of rotatable bonds is 10. The molecule has 1 heterocycles. The molecule has 0 aliphatic carbocycles. The zero-order valence-corrected chi connectivity index (χ0v) is 20.0. The van der Waals surface area contributed by atoms with Gasteiger partial charge in [0.05, 0.1) is 6.26 Å². The minimum atomic E-state index is -3.13. The molecule has 0 unspecified atom stereocenters. The van der Waals surface area contributed by atoms with E-state index in [1.54, 1.807) is 0 Å². The summed E-state index contributed by atoms with van der Waals surface area (Å²) in [5, 5.41) is 7.83. The normalized spacial score (nSPS) is 12.2. The molecule has 0 fully saturated rings. The standard InChI is InChI=1S/C19H31N5O2S.HI/c1-4-20-19(21-12-8-14-24(5-2)27(3,25)26)22-13-11-16-15-23-18-10-7-6-9-17(16)18;/h6-7,9-10,15,23H,4-5,8,11-14H2,1-3H3,(H2,20,21,22);1H. The second kappa shape index (κ2) is 12.3. The molecule has 1 aromatic heterocycles. The van der Waals surface area contributed by atoms with E-state index in [1.165, 1.54) is 21.5 Å². The maximum Gasteiger partial charge on any atom is 0.211 e. The first-order valence-corrected chi connectivity index (χ1v) is 11.3. The number of hydrogen-bond acceptors (Lipinski definition) is 3. The number of sulfonamides is 1. The molecule has 3 N–H and O–H groups in total. The van der Waals surface area contributed by atoms with E-state index >= 15 is 0 Å². The Labute approximate surface area is 185 Å². The number of nitrogens with zero attached hydrogens (tertiary/aromatic N) is 2. The fraction of sp³-hybridized carbons (Fsp3) is 0.526. The van der Waals surface area contributed by atoms with E-state index in [4.69, 9.17) is 0 Å². The van der Waals surface area contributed by atoms with Gasteiger partial charge in [0.1, 0.15) is 0 Å². The number of benzene rings is 1. The quantitative estimate of drug-likeness (QED) is 0.194. The molecule has 0 amide bonds. The Balaban J connectivity index is 0.00000392. The van der Waals surface area contributed by atoms with Gasteiger partial charge >= 0.3 is 0 Å². The van der Waals surface area contributed by atoms with Crippen LogP contribution in [0.1, 0.15) is 25.8 Å². The van der Waals surface area contributed by atoms with E-state index in [9.17, 15) is 8.42 Å². The lowest BCUT2D eigenvalue weighted by Gasteiger charge is -2.17. The highest BCUT2D eigenvalue weighted by molar-refractivity contribution is 14.0. The predicted molar refractivity (Wildman–Crippen MR) is 128 cm³/mol. The van der Waals surface area contributed by atoms with Crippen LogP contribution in [0.15, 0.2) is 35.5 Å². The number of guanidine groups is 1. The number of halogens is 1. The van der Waals surface area contributed by atoms with E-state index < -0.39 is 10.0 Å². The first-order chi connectivity index (χ1) is 13.0. The Hall–Kier alpha value is -1.33. The fourth-order valence-corrected chi connectivity index (χ4v) is 3.92. The molecule has 0 bridgehead atoms. The van der Waals surface area contributed by atoms with Gasteiger partial charge in [0.2, 0.25) is 10.0 Å². The Morgan fingerprint density at radius 1 is 1.21 bits per heavy atom. The second-order valence-corrected chi connectivity index (χ2v) is 8.39. The SMILES string of the molecule is CCNC(=NCCCN(CC)S(C)(=O)=O)NCCc1c[nH]c2ccccc12.I. The van der Waals surface area contributed by atoms with Crippen LogP contribution < -0.4 is 10.6 Å². The van der Waals surface area contributed by atoms with Crippen LogP contribution in [0.25, 0.3) is 10.9 Å². The third-order valence-electron chi connectivity index (χ3n) is 4.36. The molecule has 1 aromatic carbocycles. The number of aromatic amines is 1. The molecule has 0 atom stereocenters. The van der Waals surface area contributed by atoms with Gasteiger partial charge in [0.25, 0.3) is 0 Å². The second-order valence-electron chi connectivity index (χ2n) is 6.41. The molecular formula is C19H32IN5O2S. The lowest BCUT2D eigenvalue weighted by molar-refractivity contribution is 0.427. The molecule has 0 aliphatic heterocycles. The van der Waals surface area contributed by atoms with E-state index in [-0.39, 0.29) is 24.0 Å². The molecule has 0 radical (unpaired) electrons. The predicted octanol–water partition coefficient (Wildman–Crippen LogP) is 2.56.